The van der Waals surface area contributed by atoms with Gasteiger partial charge in [-0.1, -0.05) is 19.1 Å². The monoisotopic (exact) mass is 400 g/mol. The molecule has 144 valence electrons. The number of aromatic amines is 1. The fraction of sp³-hybridized carbons (Fsp3) is 0.167. The summed E-state index contributed by atoms with van der Waals surface area (Å²) in [5.74, 6) is 0.254. The largest absolute Gasteiger partial charge is 0.477 e. The third kappa shape index (κ3) is 4.65. The van der Waals surface area contributed by atoms with Gasteiger partial charge in [-0.15, -0.1) is 5.10 Å². The Morgan fingerprint density at radius 2 is 2.21 bits per heavy atom. The van der Waals surface area contributed by atoms with Gasteiger partial charge in [0.2, 0.25) is 5.16 Å². The Kier molecular flexibility index (Phi) is 5.90. The summed E-state index contributed by atoms with van der Waals surface area (Å²) in [5, 5.41) is 27.5. The average molecular weight is 400 g/mol. The minimum absolute atomic E-state index is 0.0120. The minimum Gasteiger partial charge on any atom is -0.477 e. The molecule has 0 saturated heterocycles. The van der Waals surface area contributed by atoms with Crippen LogP contribution in [0.2, 0.25) is 0 Å². The van der Waals surface area contributed by atoms with Crippen LogP contribution in [0, 0.1) is 10.1 Å². The van der Waals surface area contributed by atoms with E-state index in [1.54, 1.807) is 24.3 Å². The Labute approximate surface area is 163 Å². The summed E-state index contributed by atoms with van der Waals surface area (Å²) in [6, 6.07) is 9.23. The zero-order valence-corrected chi connectivity index (χ0v) is 15.6. The molecule has 0 amide bonds. The van der Waals surface area contributed by atoms with Gasteiger partial charge in [0.15, 0.2) is 0 Å². The van der Waals surface area contributed by atoms with Gasteiger partial charge in [0, 0.05) is 30.2 Å². The van der Waals surface area contributed by atoms with Crippen LogP contribution in [0.25, 0.3) is 17.4 Å². The Hall–Kier alpha value is -3.40. The highest BCUT2D eigenvalue weighted by Gasteiger charge is 2.15. The number of thioether (sulfide) groups is 1. The molecule has 1 aromatic carbocycles. The van der Waals surface area contributed by atoms with Crippen LogP contribution >= 0.6 is 11.8 Å². The number of nitrogens with zero attached hydrogens (tertiary/aromatic N) is 3. The molecule has 2 N–H and O–H groups in total. The number of carboxylic acid groups (broad SMARTS) is 1. The number of hydrogen-bond acceptors (Lipinski definition) is 7. The van der Waals surface area contributed by atoms with Crippen molar-refractivity contribution in [3.63, 3.8) is 0 Å². The van der Waals surface area contributed by atoms with Crippen molar-refractivity contribution in [3.05, 3.63) is 63.0 Å². The van der Waals surface area contributed by atoms with E-state index in [1.807, 2.05) is 6.92 Å². The van der Waals surface area contributed by atoms with Gasteiger partial charge in [-0.2, -0.15) is 0 Å². The first-order valence-electron chi connectivity index (χ1n) is 8.35. The van der Waals surface area contributed by atoms with Gasteiger partial charge in [0.25, 0.3) is 5.69 Å². The smallest absolute Gasteiger partial charge is 0.342 e. The Bertz CT molecular complexity index is 1040. The molecule has 0 aliphatic rings. The normalized spacial score (nSPS) is 11.5. The van der Waals surface area contributed by atoms with E-state index in [-0.39, 0.29) is 10.6 Å². The van der Waals surface area contributed by atoms with E-state index in [0.717, 1.165) is 24.6 Å². The van der Waals surface area contributed by atoms with Gasteiger partial charge in [-0.25, -0.2) is 9.78 Å². The summed E-state index contributed by atoms with van der Waals surface area (Å²) >= 11 is 0.909. The van der Waals surface area contributed by atoms with Crippen LogP contribution in [-0.4, -0.2) is 31.2 Å². The summed E-state index contributed by atoms with van der Waals surface area (Å²) in [6.07, 6.45) is 2.99. The molecule has 0 atom stereocenters. The van der Waals surface area contributed by atoms with Crippen molar-refractivity contribution in [1.82, 2.24) is 15.2 Å². The SMILES string of the molecule is CCCc1nc(S/C(=C/c2ccc(-c3cccc([N+](=O)[O-])c3)o2)C(=O)O)n[nH]1. The number of aryl methyl sites for hydroxylation is 1. The highest BCUT2D eigenvalue weighted by molar-refractivity contribution is 8.04. The van der Waals surface area contributed by atoms with Crippen LogP contribution in [0.5, 0.6) is 0 Å². The van der Waals surface area contributed by atoms with Crippen LogP contribution in [0.4, 0.5) is 5.69 Å². The van der Waals surface area contributed by atoms with Gasteiger partial charge in [0.1, 0.15) is 22.3 Å². The number of H-pyrrole nitrogens is 1. The summed E-state index contributed by atoms with van der Waals surface area (Å²) in [7, 11) is 0. The van der Waals surface area contributed by atoms with Gasteiger partial charge in [-0.3, -0.25) is 15.2 Å². The first-order valence-corrected chi connectivity index (χ1v) is 9.16. The van der Waals surface area contributed by atoms with Gasteiger partial charge >= 0.3 is 5.97 Å². The van der Waals surface area contributed by atoms with Gasteiger partial charge < -0.3 is 9.52 Å². The lowest BCUT2D eigenvalue weighted by Crippen LogP contribution is -1.97. The van der Waals surface area contributed by atoms with Crippen LogP contribution in [-0.2, 0) is 11.2 Å². The molecule has 3 rings (SSSR count). The number of furan rings is 1. The van der Waals surface area contributed by atoms with Crippen LogP contribution in [0.15, 0.2) is 50.9 Å². The number of hydrogen-bond donors (Lipinski definition) is 2. The zero-order chi connectivity index (χ0) is 20.1. The molecule has 0 bridgehead atoms. The van der Waals surface area contributed by atoms with E-state index in [9.17, 15) is 20.0 Å². The van der Waals surface area contributed by atoms with E-state index in [1.165, 1.54) is 18.2 Å². The van der Waals surface area contributed by atoms with Gasteiger partial charge in [0.05, 0.1) is 4.92 Å². The van der Waals surface area contributed by atoms with Crippen LogP contribution < -0.4 is 0 Å². The lowest BCUT2D eigenvalue weighted by atomic mass is 10.1. The van der Waals surface area contributed by atoms with Crippen molar-refractivity contribution in [3.8, 4) is 11.3 Å². The topological polar surface area (TPSA) is 135 Å². The Morgan fingerprint density at radius 1 is 1.39 bits per heavy atom. The first kappa shape index (κ1) is 19.4. The molecule has 0 aliphatic heterocycles. The number of carboxylic acids is 1. The van der Waals surface area contributed by atoms with E-state index in [0.29, 0.717) is 28.1 Å². The predicted molar refractivity (Wildman–Crippen MR) is 103 cm³/mol. The molecule has 0 spiro atoms. The molecular weight excluding hydrogens is 384 g/mol. The number of aliphatic carboxylic acids is 1. The number of carbonyl (C=O) groups is 1. The average Bonchev–Trinajstić information content (AvgIpc) is 3.31. The molecule has 28 heavy (non-hydrogen) atoms. The maximum absolute atomic E-state index is 11.6. The molecule has 0 fully saturated rings. The summed E-state index contributed by atoms with van der Waals surface area (Å²) in [4.78, 5) is 26.2. The highest BCUT2D eigenvalue weighted by atomic mass is 32.2. The second-order valence-corrected chi connectivity index (χ2v) is 6.75. The lowest BCUT2D eigenvalue weighted by molar-refractivity contribution is -0.384. The van der Waals surface area contributed by atoms with E-state index >= 15 is 0 Å². The van der Waals surface area contributed by atoms with E-state index < -0.39 is 10.9 Å². The van der Waals surface area contributed by atoms with E-state index in [4.69, 9.17) is 4.42 Å². The number of non-ortho nitro benzene ring substituents is 1. The molecular formula is C18H16N4O5S. The zero-order valence-electron chi connectivity index (χ0n) is 14.8. The molecule has 0 saturated carbocycles. The second kappa shape index (κ2) is 8.53. The van der Waals surface area contributed by atoms with Crippen molar-refractivity contribution in [2.45, 2.75) is 24.9 Å². The maximum atomic E-state index is 11.6. The third-order valence-corrected chi connectivity index (χ3v) is 4.53. The number of nitro groups is 1. The van der Waals surface area contributed by atoms with Crippen LogP contribution in [0.3, 0.4) is 0 Å². The van der Waals surface area contributed by atoms with Crippen molar-refractivity contribution in [2.75, 3.05) is 0 Å². The highest BCUT2D eigenvalue weighted by Crippen LogP contribution is 2.29. The molecule has 0 aliphatic carbocycles. The number of rotatable bonds is 8. The molecule has 3 aromatic rings. The third-order valence-electron chi connectivity index (χ3n) is 3.65. The summed E-state index contributed by atoms with van der Waals surface area (Å²) in [6.45, 7) is 2.01. The van der Waals surface area contributed by atoms with Gasteiger partial charge in [-0.05, 0) is 30.3 Å². The van der Waals surface area contributed by atoms with E-state index in [2.05, 4.69) is 15.2 Å². The quantitative estimate of drug-likeness (QED) is 0.249. The molecule has 2 aromatic heterocycles. The molecule has 0 radical (unpaired) electrons. The minimum atomic E-state index is -1.14. The lowest BCUT2D eigenvalue weighted by Gasteiger charge is -1.98. The summed E-state index contributed by atoms with van der Waals surface area (Å²) < 4.78 is 5.64. The molecule has 9 nitrogen and oxygen atoms in total. The maximum Gasteiger partial charge on any atom is 0.342 e. The Morgan fingerprint density at radius 3 is 2.93 bits per heavy atom. The second-order valence-electron chi connectivity index (χ2n) is 5.74. The Balaban J connectivity index is 1.83. The van der Waals surface area contributed by atoms with Crippen molar-refractivity contribution in [1.29, 1.82) is 0 Å². The first-order chi connectivity index (χ1) is 13.5. The van der Waals surface area contributed by atoms with Crippen molar-refractivity contribution < 1.29 is 19.2 Å². The molecule has 10 heteroatoms. The molecule has 0 unspecified atom stereocenters. The molecule has 2 heterocycles. The van der Waals surface area contributed by atoms with Crippen molar-refractivity contribution >= 4 is 29.5 Å². The number of nitro benzene ring substituents is 1. The number of nitrogens with one attached hydrogen (secondary N) is 1. The number of benzene rings is 1. The standard InChI is InChI=1S/C18H16N4O5S/c1-2-4-16-19-18(21-20-16)28-15(17(23)24)10-13-7-8-14(27-13)11-5-3-6-12(9-11)22(25)26/h3,5-10H,2,4H2,1H3,(H,23,24)(H,19,20,21)/b15-10+. The fourth-order valence-electron chi connectivity index (χ4n) is 2.39. The van der Waals surface area contributed by atoms with Crippen molar-refractivity contribution in [2.24, 2.45) is 0 Å². The van der Waals surface area contributed by atoms with Crippen LogP contribution in [0.1, 0.15) is 24.9 Å². The number of aromatic nitrogens is 3. The predicted octanol–water partition coefficient (Wildman–Crippen LogP) is 4.14. The fourth-order valence-corrected chi connectivity index (χ4v) is 3.10. The summed E-state index contributed by atoms with van der Waals surface area (Å²) in [5.41, 5.74) is 0.469.